The molecule has 1 atom stereocenters. The minimum absolute atomic E-state index is 0.258. The average Bonchev–Trinajstić information content (AvgIpc) is 2.95. The number of carbonyl (C=O) groups is 1. The molecule has 3 heterocycles. The number of anilines is 2. The van der Waals surface area contributed by atoms with Crippen molar-refractivity contribution < 1.29 is 19.0 Å². The van der Waals surface area contributed by atoms with Gasteiger partial charge in [0.05, 0.1) is 23.9 Å². The van der Waals surface area contributed by atoms with Gasteiger partial charge in [0.15, 0.2) is 6.10 Å². The van der Waals surface area contributed by atoms with E-state index in [1.54, 1.807) is 0 Å². The molecule has 0 spiro atoms. The van der Waals surface area contributed by atoms with E-state index in [9.17, 15) is 4.79 Å². The molecule has 1 aliphatic rings. The third-order valence-electron chi connectivity index (χ3n) is 8.25. The van der Waals surface area contributed by atoms with Crippen molar-refractivity contribution in [3.63, 3.8) is 0 Å². The van der Waals surface area contributed by atoms with Crippen molar-refractivity contribution in [2.75, 3.05) is 36.5 Å². The molecule has 0 amide bonds. The monoisotopic (exact) mass is 616 g/mol. The van der Waals surface area contributed by atoms with Gasteiger partial charge in [-0.25, -0.2) is 9.78 Å². The van der Waals surface area contributed by atoms with E-state index >= 15 is 0 Å². The summed E-state index contributed by atoms with van der Waals surface area (Å²) in [5, 5.41) is 3.36. The second-order valence-corrected chi connectivity index (χ2v) is 14.2. The normalized spacial score (nSPS) is 15.6. The van der Waals surface area contributed by atoms with Crippen LogP contribution in [0, 0.1) is 26.2 Å². The third kappa shape index (κ3) is 9.19. The maximum Gasteiger partial charge on any atom is 0.340 e. The van der Waals surface area contributed by atoms with Crippen molar-refractivity contribution in [2.24, 2.45) is 5.41 Å². The topological polar surface area (TPSA) is 85.8 Å². The van der Waals surface area contributed by atoms with Gasteiger partial charge in [-0.1, -0.05) is 19.9 Å². The molecule has 0 radical (unpaired) electrons. The van der Waals surface area contributed by atoms with Crippen LogP contribution in [-0.2, 0) is 14.3 Å². The molecule has 8 heteroatoms. The highest BCUT2D eigenvalue weighted by atomic mass is 16.6. The molecule has 0 bridgehead atoms. The summed E-state index contributed by atoms with van der Waals surface area (Å²) in [7, 11) is 0. The van der Waals surface area contributed by atoms with E-state index in [1.165, 1.54) is 11.1 Å². The molecule has 0 aliphatic carbocycles. The first-order chi connectivity index (χ1) is 21.1. The van der Waals surface area contributed by atoms with Gasteiger partial charge in [0.2, 0.25) is 0 Å². The van der Waals surface area contributed by atoms with Crippen LogP contribution in [0.5, 0.6) is 5.75 Å². The Hall–Kier alpha value is -3.65. The van der Waals surface area contributed by atoms with Crippen molar-refractivity contribution in [1.82, 2.24) is 9.97 Å². The Labute approximate surface area is 269 Å². The van der Waals surface area contributed by atoms with Crippen LogP contribution < -0.4 is 15.0 Å². The molecule has 1 aliphatic heterocycles. The van der Waals surface area contributed by atoms with Gasteiger partial charge in [0.1, 0.15) is 18.2 Å². The van der Waals surface area contributed by atoms with Crippen LogP contribution in [-0.4, -0.2) is 53.9 Å². The summed E-state index contributed by atoms with van der Waals surface area (Å²) in [5.74, 6) is 1.23. The summed E-state index contributed by atoms with van der Waals surface area (Å²) < 4.78 is 18.1. The van der Waals surface area contributed by atoms with E-state index in [4.69, 9.17) is 24.2 Å². The standard InChI is InChI=1S/C37H52N4O4/c1-24(2)44-35(42)34(45-36(6,7)8)32-27(5)39-23-30(33(32)41-18-15-37(9,10)16-19-41)28-12-14-31(40-22-28)38-17-20-43-29-13-11-25(3)26(4)21-29/h11-14,21-24,34H,15-20H2,1-10H3,(H,38,40)/t34-/m0/s1. The maximum atomic E-state index is 13.6. The lowest BCUT2D eigenvalue weighted by molar-refractivity contribution is -0.171. The number of rotatable bonds is 11. The van der Waals surface area contributed by atoms with Crippen LogP contribution in [0.4, 0.5) is 11.5 Å². The summed E-state index contributed by atoms with van der Waals surface area (Å²) in [4.78, 5) is 25.6. The summed E-state index contributed by atoms with van der Waals surface area (Å²) in [6, 6.07) is 10.2. The quantitative estimate of drug-likeness (QED) is 0.171. The minimum Gasteiger partial charge on any atom is -0.492 e. The lowest BCUT2D eigenvalue weighted by atomic mass is 9.82. The van der Waals surface area contributed by atoms with Gasteiger partial charge in [0.25, 0.3) is 0 Å². The van der Waals surface area contributed by atoms with Crippen molar-refractivity contribution in [2.45, 2.75) is 99.9 Å². The number of benzene rings is 1. The molecule has 1 aromatic carbocycles. The Morgan fingerprint density at radius 3 is 2.31 bits per heavy atom. The van der Waals surface area contributed by atoms with Crippen LogP contribution in [0.3, 0.4) is 0 Å². The Morgan fingerprint density at radius 2 is 1.71 bits per heavy atom. The number of aromatic nitrogens is 2. The molecular formula is C37H52N4O4. The number of esters is 1. The number of hydrogen-bond donors (Lipinski definition) is 1. The molecule has 1 fully saturated rings. The van der Waals surface area contributed by atoms with Gasteiger partial charge in [-0.05, 0) is 109 Å². The van der Waals surface area contributed by atoms with Crippen molar-refractivity contribution in [3.8, 4) is 16.9 Å². The zero-order valence-electron chi connectivity index (χ0n) is 28.9. The van der Waals surface area contributed by atoms with Crippen molar-refractivity contribution in [1.29, 1.82) is 0 Å². The fourth-order valence-electron chi connectivity index (χ4n) is 5.49. The molecule has 4 rings (SSSR count). The second-order valence-electron chi connectivity index (χ2n) is 14.2. The van der Waals surface area contributed by atoms with Gasteiger partial charge in [-0.15, -0.1) is 0 Å². The summed E-state index contributed by atoms with van der Waals surface area (Å²) in [5.41, 5.74) is 6.47. The molecule has 3 aromatic rings. The van der Waals surface area contributed by atoms with Crippen LogP contribution in [0.1, 0.15) is 89.8 Å². The summed E-state index contributed by atoms with van der Waals surface area (Å²) >= 11 is 0. The lowest BCUT2D eigenvalue weighted by Crippen LogP contribution is -2.39. The summed E-state index contributed by atoms with van der Waals surface area (Å²) in [6.45, 7) is 23.2. The second kappa shape index (κ2) is 14.2. The predicted molar refractivity (Wildman–Crippen MR) is 182 cm³/mol. The molecule has 8 nitrogen and oxygen atoms in total. The van der Waals surface area contributed by atoms with Gasteiger partial charge in [-0.2, -0.15) is 0 Å². The minimum atomic E-state index is -0.920. The number of nitrogens with zero attached hydrogens (tertiary/aromatic N) is 3. The Kier molecular flexibility index (Phi) is 10.8. The SMILES string of the molecule is Cc1ccc(OCCNc2ccc(-c3cnc(C)c([C@H](OC(C)(C)C)C(=O)OC(C)C)c3N3CCC(C)(C)CC3)cn2)cc1C. The van der Waals surface area contributed by atoms with E-state index in [0.717, 1.165) is 65.6 Å². The Balaban J connectivity index is 1.65. The van der Waals surface area contributed by atoms with E-state index < -0.39 is 17.7 Å². The first kappa shape index (κ1) is 34.2. The lowest BCUT2D eigenvalue weighted by Gasteiger charge is -2.41. The van der Waals surface area contributed by atoms with E-state index in [0.29, 0.717) is 13.2 Å². The molecular weight excluding hydrogens is 564 g/mol. The van der Waals surface area contributed by atoms with Gasteiger partial charge in [-0.3, -0.25) is 4.98 Å². The van der Waals surface area contributed by atoms with Gasteiger partial charge in [0, 0.05) is 47.9 Å². The Morgan fingerprint density at radius 1 is 1.00 bits per heavy atom. The highest BCUT2D eigenvalue weighted by molar-refractivity contribution is 5.87. The van der Waals surface area contributed by atoms with Crippen LogP contribution in [0.2, 0.25) is 0 Å². The summed E-state index contributed by atoms with van der Waals surface area (Å²) in [6.07, 6.45) is 4.66. The largest absolute Gasteiger partial charge is 0.492 e. The van der Waals surface area contributed by atoms with Gasteiger partial charge >= 0.3 is 5.97 Å². The van der Waals surface area contributed by atoms with Gasteiger partial charge < -0.3 is 24.4 Å². The highest BCUT2D eigenvalue weighted by Crippen LogP contribution is 2.43. The first-order valence-corrected chi connectivity index (χ1v) is 16.2. The number of aryl methyl sites for hydroxylation is 3. The number of piperidine rings is 1. The van der Waals surface area contributed by atoms with E-state index in [2.05, 4.69) is 56.1 Å². The predicted octanol–water partition coefficient (Wildman–Crippen LogP) is 7.99. The molecule has 244 valence electrons. The number of nitrogens with one attached hydrogen (secondary N) is 1. The molecule has 45 heavy (non-hydrogen) atoms. The zero-order valence-corrected chi connectivity index (χ0v) is 28.9. The number of ether oxygens (including phenoxy) is 3. The fraction of sp³-hybridized carbons (Fsp3) is 0.541. The van der Waals surface area contributed by atoms with Crippen LogP contribution in [0.25, 0.3) is 11.1 Å². The van der Waals surface area contributed by atoms with Crippen LogP contribution >= 0.6 is 0 Å². The molecule has 1 N–H and O–H groups in total. The number of pyridine rings is 2. The fourth-order valence-corrected chi connectivity index (χ4v) is 5.49. The van der Waals surface area contributed by atoms with E-state index in [-0.39, 0.29) is 11.5 Å². The molecule has 0 unspecified atom stereocenters. The Bertz CT molecular complexity index is 1450. The zero-order chi connectivity index (χ0) is 32.9. The molecule has 2 aromatic heterocycles. The average molecular weight is 617 g/mol. The first-order valence-electron chi connectivity index (χ1n) is 16.2. The van der Waals surface area contributed by atoms with Crippen LogP contribution in [0.15, 0.2) is 42.7 Å². The molecule has 0 saturated carbocycles. The number of hydrogen-bond acceptors (Lipinski definition) is 8. The maximum absolute atomic E-state index is 13.6. The highest BCUT2D eigenvalue weighted by Gasteiger charge is 2.37. The van der Waals surface area contributed by atoms with E-state index in [1.807, 2.05) is 66.1 Å². The smallest absolute Gasteiger partial charge is 0.340 e. The number of carbonyl (C=O) groups excluding carboxylic acids is 1. The van der Waals surface area contributed by atoms with Crippen molar-refractivity contribution >= 4 is 17.5 Å². The van der Waals surface area contributed by atoms with Crippen molar-refractivity contribution in [3.05, 3.63) is 65.1 Å². The third-order valence-corrected chi connectivity index (χ3v) is 8.25. The molecule has 1 saturated heterocycles.